The molecular formula is C14H15NO4. The van der Waals surface area contributed by atoms with Crippen LogP contribution in [0.1, 0.15) is 28.5 Å². The second kappa shape index (κ2) is 5.14. The van der Waals surface area contributed by atoms with Gasteiger partial charge in [0.15, 0.2) is 5.69 Å². The zero-order chi connectivity index (χ0) is 14.0. The molecule has 0 atom stereocenters. The van der Waals surface area contributed by atoms with Crippen LogP contribution >= 0.6 is 0 Å². The van der Waals surface area contributed by atoms with Crippen molar-refractivity contribution in [2.24, 2.45) is 0 Å². The molecule has 0 radical (unpaired) electrons. The van der Waals surface area contributed by atoms with E-state index in [9.17, 15) is 4.79 Å². The molecule has 0 bridgehead atoms. The minimum atomic E-state index is -1.10. The lowest BCUT2D eigenvalue weighted by Gasteiger charge is -2.10. The molecule has 2 rings (SSSR count). The zero-order valence-electron chi connectivity index (χ0n) is 11.1. The fourth-order valence-electron chi connectivity index (χ4n) is 1.83. The number of carboxylic acids is 1. The molecule has 1 N–H and O–H groups in total. The molecule has 0 unspecified atom stereocenters. The predicted molar refractivity (Wildman–Crippen MR) is 69.5 cm³/mol. The monoisotopic (exact) mass is 261 g/mol. The van der Waals surface area contributed by atoms with Crippen LogP contribution in [0.4, 0.5) is 0 Å². The zero-order valence-corrected chi connectivity index (χ0v) is 11.1. The Morgan fingerprint density at radius 3 is 2.68 bits per heavy atom. The molecule has 0 spiro atoms. The van der Waals surface area contributed by atoms with E-state index in [-0.39, 0.29) is 5.69 Å². The van der Waals surface area contributed by atoms with Gasteiger partial charge in [-0.25, -0.2) is 9.78 Å². The second-order valence-electron chi connectivity index (χ2n) is 4.21. The minimum absolute atomic E-state index is 0.0964. The number of rotatable bonds is 4. The SMILES string of the molecule is CCOc1cc(C)c(-c2nc(C(=O)O)co2)cc1C. The maximum atomic E-state index is 10.8. The van der Waals surface area contributed by atoms with Gasteiger partial charge in [-0.05, 0) is 44.0 Å². The largest absolute Gasteiger partial charge is 0.494 e. The van der Waals surface area contributed by atoms with E-state index in [1.807, 2.05) is 32.9 Å². The Morgan fingerprint density at radius 2 is 2.11 bits per heavy atom. The van der Waals surface area contributed by atoms with E-state index in [1.54, 1.807) is 0 Å². The van der Waals surface area contributed by atoms with Gasteiger partial charge in [0.25, 0.3) is 0 Å². The number of aryl methyl sites for hydroxylation is 2. The topological polar surface area (TPSA) is 72.6 Å². The van der Waals surface area contributed by atoms with E-state index < -0.39 is 5.97 Å². The van der Waals surface area contributed by atoms with Crippen LogP contribution in [-0.4, -0.2) is 22.7 Å². The normalized spacial score (nSPS) is 10.5. The van der Waals surface area contributed by atoms with Gasteiger partial charge in [0, 0.05) is 5.56 Å². The summed E-state index contributed by atoms with van der Waals surface area (Å²) in [5.41, 5.74) is 2.56. The van der Waals surface area contributed by atoms with E-state index in [0.717, 1.165) is 28.7 Å². The Morgan fingerprint density at radius 1 is 1.37 bits per heavy atom. The lowest BCUT2D eigenvalue weighted by atomic mass is 10.0. The fourth-order valence-corrected chi connectivity index (χ4v) is 1.83. The van der Waals surface area contributed by atoms with Gasteiger partial charge in [0.1, 0.15) is 12.0 Å². The number of ether oxygens (including phenoxy) is 1. The molecule has 1 heterocycles. The van der Waals surface area contributed by atoms with Gasteiger partial charge in [0.2, 0.25) is 5.89 Å². The first-order chi connectivity index (χ1) is 9.02. The molecule has 0 aliphatic rings. The predicted octanol–water partition coefficient (Wildman–Crippen LogP) is 3.06. The van der Waals surface area contributed by atoms with Gasteiger partial charge >= 0.3 is 5.97 Å². The summed E-state index contributed by atoms with van der Waals surface area (Å²) in [5, 5.41) is 8.84. The summed E-state index contributed by atoms with van der Waals surface area (Å²) in [6.45, 7) is 6.36. The van der Waals surface area contributed by atoms with Crippen LogP contribution < -0.4 is 4.74 Å². The molecule has 1 aromatic carbocycles. The van der Waals surface area contributed by atoms with E-state index in [2.05, 4.69) is 4.98 Å². The molecule has 2 aromatic rings. The quantitative estimate of drug-likeness (QED) is 0.915. The molecule has 100 valence electrons. The summed E-state index contributed by atoms with van der Waals surface area (Å²) in [4.78, 5) is 14.7. The number of oxazole rings is 1. The number of carbonyl (C=O) groups is 1. The van der Waals surface area contributed by atoms with Gasteiger partial charge in [-0.1, -0.05) is 0 Å². The lowest BCUT2D eigenvalue weighted by molar-refractivity contribution is 0.0690. The van der Waals surface area contributed by atoms with Crippen molar-refractivity contribution in [2.75, 3.05) is 6.61 Å². The van der Waals surface area contributed by atoms with Crippen molar-refractivity contribution in [1.82, 2.24) is 4.98 Å². The van der Waals surface area contributed by atoms with Crippen LogP contribution in [0.2, 0.25) is 0 Å². The van der Waals surface area contributed by atoms with Crippen LogP contribution in [0.5, 0.6) is 5.75 Å². The van der Waals surface area contributed by atoms with Gasteiger partial charge in [-0.15, -0.1) is 0 Å². The molecule has 5 heteroatoms. The third-order valence-electron chi connectivity index (χ3n) is 2.78. The third kappa shape index (κ3) is 2.59. The van der Waals surface area contributed by atoms with Gasteiger partial charge < -0.3 is 14.3 Å². The van der Waals surface area contributed by atoms with Crippen molar-refractivity contribution in [3.63, 3.8) is 0 Å². The first-order valence-electron chi connectivity index (χ1n) is 5.96. The average molecular weight is 261 g/mol. The maximum absolute atomic E-state index is 10.8. The summed E-state index contributed by atoms with van der Waals surface area (Å²) in [7, 11) is 0. The van der Waals surface area contributed by atoms with Crippen molar-refractivity contribution < 1.29 is 19.1 Å². The van der Waals surface area contributed by atoms with Crippen LogP contribution in [0.25, 0.3) is 11.5 Å². The van der Waals surface area contributed by atoms with Gasteiger partial charge in [-0.2, -0.15) is 0 Å². The van der Waals surface area contributed by atoms with Crippen molar-refractivity contribution in [3.8, 4) is 17.2 Å². The van der Waals surface area contributed by atoms with Crippen molar-refractivity contribution in [3.05, 3.63) is 35.2 Å². The van der Waals surface area contributed by atoms with E-state index in [4.69, 9.17) is 14.3 Å². The Bertz CT molecular complexity index is 616. The fraction of sp³-hybridized carbons (Fsp3) is 0.286. The first-order valence-corrected chi connectivity index (χ1v) is 5.96. The molecule has 0 aliphatic carbocycles. The van der Waals surface area contributed by atoms with Gasteiger partial charge in [-0.3, -0.25) is 0 Å². The minimum Gasteiger partial charge on any atom is -0.494 e. The molecule has 0 fully saturated rings. The number of aromatic nitrogens is 1. The van der Waals surface area contributed by atoms with Crippen molar-refractivity contribution >= 4 is 5.97 Å². The number of aromatic carboxylic acids is 1. The Labute approximate surface area is 110 Å². The molecule has 0 aliphatic heterocycles. The standard InChI is InChI=1S/C14H15NO4/c1-4-18-12-6-8(2)10(5-9(12)3)13-15-11(7-19-13)14(16)17/h5-7H,4H2,1-3H3,(H,16,17). The molecule has 5 nitrogen and oxygen atoms in total. The van der Waals surface area contributed by atoms with Crippen molar-refractivity contribution in [2.45, 2.75) is 20.8 Å². The smallest absolute Gasteiger partial charge is 0.357 e. The highest BCUT2D eigenvalue weighted by molar-refractivity contribution is 5.85. The number of nitrogens with zero attached hydrogens (tertiary/aromatic N) is 1. The summed E-state index contributed by atoms with van der Waals surface area (Å²) >= 11 is 0. The van der Waals surface area contributed by atoms with E-state index in [0.29, 0.717) is 12.5 Å². The summed E-state index contributed by atoms with van der Waals surface area (Å²) < 4.78 is 10.7. The summed E-state index contributed by atoms with van der Waals surface area (Å²) in [6, 6.07) is 3.79. The highest BCUT2D eigenvalue weighted by atomic mass is 16.5. The third-order valence-corrected chi connectivity index (χ3v) is 2.78. The Kier molecular flexibility index (Phi) is 3.55. The lowest BCUT2D eigenvalue weighted by Crippen LogP contribution is -1.97. The van der Waals surface area contributed by atoms with E-state index in [1.165, 1.54) is 0 Å². The number of benzene rings is 1. The second-order valence-corrected chi connectivity index (χ2v) is 4.21. The molecule has 0 saturated heterocycles. The number of hydrogen-bond donors (Lipinski definition) is 1. The molecular weight excluding hydrogens is 246 g/mol. The number of carboxylic acid groups (broad SMARTS) is 1. The van der Waals surface area contributed by atoms with Crippen LogP contribution in [0, 0.1) is 13.8 Å². The van der Waals surface area contributed by atoms with Gasteiger partial charge in [0.05, 0.1) is 6.61 Å². The summed E-state index contributed by atoms with van der Waals surface area (Å²) in [5.74, 6) is 0.0186. The molecule has 19 heavy (non-hydrogen) atoms. The van der Waals surface area contributed by atoms with Crippen LogP contribution in [-0.2, 0) is 0 Å². The first kappa shape index (κ1) is 13.1. The molecule has 1 aromatic heterocycles. The average Bonchev–Trinajstić information content (AvgIpc) is 2.83. The van der Waals surface area contributed by atoms with Crippen LogP contribution in [0.15, 0.2) is 22.8 Å². The van der Waals surface area contributed by atoms with Crippen LogP contribution in [0.3, 0.4) is 0 Å². The molecule has 0 amide bonds. The highest BCUT2D eigenvalue weighted by Gasteiger charge is 2.15. The van der Waals surface area contributed by atoms with E-state index >= 15 is 0 Å². The number of hydrogen-bond acceptors (Lipinski definition) is 4. The highest BCUT2D eigenvalue weighted by Crippen LogP contribution is 2.29. The maximum Gasteiger partial charge on any atom is 0.357 e. The Balaban J connectivity index is 2.44. The molecule has 0 saturated carbocycles. The van der Waals surface area contributed by atoms with Crippen molar-refractivity contribution in [1.29, 1.82) is 0 Å². The summed E-state index contributed by atoms with van der Waals surface area (Å²) in [6.07, 6.45) is 1.14. The Hall–Kier alpha value is -2.30.